The minimum absolute atomic E-state index is 0.119. The van der Waals surface area contributed by atoms with Crippen molar-refractivity contribution < 1.29 is 29.0 Å². The first-order chi connectivity index (χ1) is 10.4. The molecule has 1 heterocycles. The van der Waals surface area contributed by atoms with E-state index in [0.29, 0.717) is 16.8 Å². The Labute approximate surface area is 130 Å². The number of carbonyl (C=O) groups excluding carboxylic acids is 1. The van der Waals surface area contributed by atoms with Crippen LogP contribution < -0.4 is 9.47 Å². The number of halogens is 1. The largest absolute Gasteiger partial charge is 0.493 e. The molecule has 1 aromatic carbocycles. The van der Waals surface area contributed by atoms with E-state index in [4.69, 9.17) is 26.2 Å². The van der Waals surface area contributed by atoms with Crippen LogP contribution in [0.25, 0.3) is 6.08 Å². The summed E-state index contributed by atoms with van der Waals surface area (Å²) in [6.07, 6.45) is 1.55. The van der Waals surface area contributed by atoms with Crippen LogP contribution in [-0.2, 0) is 14.4 Å². The molecular formula is C14H12ClNO6. The van der Waals surface area contributed by atoms with Crippen molar-refractivity contribution in [3.8, 4) is 11.5 Å². The van der Waals surface area contributed by atoms with E-state index >= 15 is 0 Å². The number of hydrogen-bond donors (Lipinski definition) is 1. The minimum atomic E-state index is -1.13. The molecule has 0 atom stereocenters. The number of ether oxygens (including phenoxy) is 2. The number of hydrogen-bond acceptors (Lipinski definition) is 6. The molecule has 0 bridgehead atoms. The highest BCUT2D eigenvalue weighted by molar-refractivity contribution is 6.32. The molecule has 0 radical (unpaired) electrons. The third-order valence-electron chi connectivity index (χ3n) is 2.78. The molecule has 1 aliphatic heterocycles. The normalized spacial score (nSPS) is 15.5. The van der Waals surface area contributed by atoms with Crippen molar-refractivity contribution in [2.75, 3.05) is 13.7 Å². The van der Waals surface area contributed by atoms with E-state index in [0.717, 1.165) is 0 Å². The summed E-state index contributed by atoms with van der Waals surface area (Å²) in [5.74, 6) is -1.32. The molecule has 2 rings (SSSR count). The molecule has 1 N–H and O–H groups in total. The summed E-state index contributed by atoms with van der Waals surface area (Å²) >= 11 is 6.08. The average Bonchev–Trinajstić information content (AvgIpc) is 2.77. The first-order valence-corrected chi connectivity index (χ1v) is 6.50. The number of carboxylic acids is 1. The van der Waals surface area contributed by atoms with Gasteiger partial charge in [0.15, 0.2) is 18.1 Å². The SMILES string of the molecule is COc1cc(/C=C2\C(=O)ON=C2C)cc(Cl)c1OCC(=O)O. The van der Waals surface area contributed by atoms with Crippen molar-refractivity contribution in [3.63, 3.8) is 0 Å². The van der Waals surface area contributed by atoms with E-state index in [1.807, 2.05) is 0 Å². The molecule has 1 aliphatic rings. The number of rotatable bonds is 5. The van der Waals surface area contributed by atoms with E-state index < -0.39 is 18.5 Å². The number of methoxy groups -OCH3 is 1. The molecule has 0 fully saturated rings. The van der Waals surface area contributed by atoms with Gasteiger partial charge in [-0.15, -0.1) is 0 Å². The molecule has 0 aliphatic carbocycles. The Kier molecular flexibility index (Phi) is 4.67. The van der Waals surface area contributed by atoms with E-state index in [2.05, 4.69) is 9.99 Å². The van der Waals surface area contributed by atoms with E-state index in [9.17, 15) is 9.59 Å². The van der Waals surface area contributed by atoms with Crippen molar-refractivity contribution in [1.29, 1.82) is 0 Å². The molecule has 8 heteroatoms. The Balaban J connectivity index is 2.38. The third kappa shape index (κ3) is 3.37. The standard InChI is InChI=1S/C14H12ClNO6/c1-7-9(14(19)22-16-7)3-8-4-10(15)13(11(5-8)20-2)21-6-12(17)18/h3-5H,6H2,1-2H3,(H,17,18)/b9-3-. The number of carboxylic acid groups (broad SMARTS) is 1. The maximum Gasteiger partial charge on any atom is 0.367 e. The van der Waals surface area contributed by atoms with Crippen LogP contribution in [-0.4, -0.2) is 36.5 Å². The number of benzene rings is 1. The fraction of sp³-hybridized carbons (Fsp3) is 0.214. The molecule has 0 aromatic heterocycles. The van der Waals surface area contributed by atoms with Gasteiger partial charge in [0.25, 0.3) is 0 Å². The summed E-state index contributed by atoms with van der Waals surface area (Å²) in [5, 5.41) is 12.4. The lowest BCUT2D eigenvalue weighted by Gasteiger charge is -2.12. The molecule has 0 amide bonds. The molecule has 7 nitrogen and oxygen atoms in total. The van der Waals surface area contributed by atoms with Gasteiger partial charge >= 0.3 is 11.9 Å². The van der Waals surface area contributed by atoms with Gasteiger partial charge in [0, 0.05) is 0 Å². The molecule has 22 heavy (non-hydrogen) atoms. The van der Waals surface area contributed by atoms with Gasteiger partial charge in [0.05, 0.1) is 23.4 Å². The monoisotopic (exact) mass is 325 g/mol. The molecule has 1 aromatic rings. The van der Waals surface area contributed by atoms with Gasteiger partial charge in [0.2, 0.25) is 0 Å². The molecule has 0 saturated carbocycles. The summed E-state index contributed by atoms with van der Waals surface area (Å²) < 4.78 is 10.2. The van der Waals surface area contributed by atoms with Gasteiger partial charge in [-0.1, -0.05) is 16.8 Å². The van der Waals surface area contributed by atoms with E-state index in [-0.39, 0.29) is 16.5 Å². The zero-order valence-electron chi connectivity index (χ0n) is 11.8. The Hall–Kier alpha value is -2.54. The van der Waals surface area contributed by atoms with Crippen LogP contribution in [0.5, 0.6) is 11.5 Å². The highest BCUT2D eigenvalue weighted by Crippen LogP contribution is 2.37. The molecular weight excluding hydrogens is 314 g/mol. The van der Waals surface area contributed by atoms with Crippen molar-refractivity contribution >= 4 is 35.3 Å². The summed E-state index contributed by atoms with van der Waals surface area (Å²) in [7, 11) is 1.40. The van der Waals surface area contributed by atoms with Crippen molar-refractivity contribution in [2.45, 2.75) is 6.92 Å². The summed E-state index contributed by atoms with van der Waals surface area (Å²) in [4.78, 5) is 26.6. The predicted molar refractivity (Wildman–Crippen MR) is 78.3 cm³/mol. The Morgan fingerprint density at radius 2 is 2.23 bits per heavy atom. The second-order valence-electron chi connectivity index (χ2n) is 4.33. The van der Waals surface area contributed by atoms with Crippen molar-refractivity contribution in [3.05, 3.63) is 28.3 Å². The van der Waals surface area contributed by atoms with Gasteiger partial charge < -0.3 is 19.4 Å². The van der Waals surface area contributed by atoms with Gasteiger partial charge in [-0.05, 0) is 30.7 Å². The molecule has 0 unspecified atom stereocenters. The fourth-order valence-corrected chi connectivity index (χ4v) is 2.06. The van der Waals surface area contributed by atoms with Crippen LogP contribution in [0, 0.1) is 0 Å². The van der Waals surface area contributed by atoms with Crippen LogP contribution >= 0.6 is 11.6 Å². The van der Waals surface area contributed by atoms with Crippen LogP contribution in [0.15, 0.2) is 22.9 Å². The molecule has 0 spiro atoms. The molecule has 116 valence electrons. The Morgan fingerprint density at radius 1 is 1.50 bits per heavy atom. The fourth-order valence-electron chi connectivity index (χ4n) is 1.78. The number of carbonyl (C=O) groups is 2. The number of aliphatic carboxylic acids is 1. The minimum Gasteiger partial charge on any atom is -0.493 e. The lowest BCUT2D eigenvalue weighted by molar-refractivity contribution is -0.139. The van der Waals surface area contributed by atoms with E-state index in [1.54, 1.807) is 19.1 Å². The van der Waals surface area contributed by atoms with Crippen LogP contribution in [0.1, 0.15) is 12.5 Å². The van der Waals surface area contributed by atoms with Gasteiger partial charge in [-0.25, -0.2) is 9.59 Å². The summed E-state index contributed by atoms with van der Waals surface area (Å²) in [6, 6.07) is 3.09. The van der Waals surface area contributed by atoms with Crippen LogP contribution in [0.2, 0.25) is 5.02 Å². The van der Waals surface area contributed by atoms with Crippen LogP contribution in [0.3, 0.4) is 0 Å². The smallest absolute Gasteiger partial charge is 0.367 e. The topological polar surface area (TPSA) is 94.4 Å². The first-order valence-electron chi connectivity index (χ1n) is 6.12. The van der Waals surface area contributed by atoms with Gasteiger partial charge in [0.1, 0.15) is 0 Å². The van der Waals surface area contributed by atoms with Crippen molar-refractivity contribution in [1.82, 2.24) is 0 Å². The highest BCUT2D eigenvalue weighted by Gasteiger charge is 2.22. The predicted octanol–water partition coefficient (Wildman–Crippen LogP) is 2.13. The summed E-state index contributed by atoms with van der Waals surface area (Å²) in [6.45, 7) is 1.09. The van der Waals surface area contributed by atoms with Gasteiger partial charge in [-0.3, -0.25) is 0 Å². The highest BCUT2D eigenvalue weighted by atomic mass is 35.5. The zero-order chi connectivity index (χ0) is 16.3. The third-order valence-corrected chi connectivity index (χ3v) is 3.06. The van der Waals surface area contributed by atoms with Gasteiger partial charge in [-0.2, -0.15) is 0 Å². The van der Waals surface area contributed by atoms with E-state index in [1.165, 1.54) is 13.2 Å². The average molecular weight is 326 g/mol. The first kappa shape index (κ1) is 15.8. The van der Waals surface area contributed by atoms with Crippen LogP contribution in [0.4, 0.5) is 0 Å². The lowest BCUT2D eigenvalue weighted by Crippen LogP contribution is -2.10. The van der Waals surface area contributed by atoms with Crippen molar-refractivity contribution in [2.24, 2.45) is 5.16 Å². The Morgan fingerprint density at radius 3 is 2.77 bits per heavy atom. The molecule has 0 saturated heterocycles. The lowest BCUT2D eigenvalue weighted by atomic mass is 10.1. The summed E-state index contributed by atoms with van der Waals surface area (Å²) in [5.41, 5.74) is 1.32. The number of oxime groups is 1. The zero-order valence-corrected chi connectivity index (χ0v) is 12.5. The second-order valence-corrected chi connectivity index (χ2v) is 4.74. The maximum absolute atomic E-state index is 11.5. The second kappa shape index (κ2) is 6.48. The number of nitrogens with zero attached hydrogens (tertiary/aromatic N) is 1. The maximum atomic E-state index is 11.5. The quantitative estimate of drug-likeness (QED) is 0.658. The Bertz CT molecular complexity index is 695.